The third kappa shape index (κ3) is 7.32. The lowest BCUT2D eigenvalue weighted by atomic mass is 9.99. The second-order valence-electron chi connectivity index (χ2n) is 10.0. The van der Waals surface area contributed by atoms with Gasteiger partial charge in [0.15, 0.2) is 0 Å². The molecule has 0 bridgehead atoms. The molecule has 0 aliphatic carbocycles. The van der Waals surface area contributed by atoms with Crippen molar-refractivity contribution in [2.24, 2.45) is 5.73 Å². The maximum Gasteiger partial charge on any atom is 0.322 e. The molecule has 4 aromatic rings. The largest absolute Gasteiger partial charge is 0.490 e. The van der Waals surface area contributed by atoms with Gasteiger partial charge in [-0.1, -0.05) is 47.6 Å². The van der Waals surface area contributed by atoms with Gasteiger partial charge in [0.2, 0.25) is 5.69 Å². The minimum absolute atomic E-state index is 0.0763. The van der Waals surface area contributed by atoms with Crippen molar-refractivity contribution in [1.82, 2.24) is 9.97 Å². The number of nitrogens with two attached hydrogens (primary N) is 1. The molecule has 5 rings (SSSR count). The van der Waals surface area contributed by atoms with E-state index in [1.54, 1.807) is 30.4 Å². The molecule has 0 unspecified atom stereocenters. The summed E-state index contributed by atoms with van der Waals surface area (Å²) in [6.07, 6.45) is 2.05. The van der Waals surface area contributed by atoms with Crippen LogP contribution < -0.4 is 15.4 Å². The van der Waals surface area contributed by atoms with Crippen LogP contribution >= 0.6 is 34.7 Å². The van der Waals surface area contributed by atoms with Crippen molar-refractivity contribution in [3.05, 3.63) is 81.6 Å². The summed E-state index contributed by atoms with van der Waals surface area (Å²) >= 11 is 9.03. The number of thioether (sulfide) groups is 1. The summed E-state index contributed by atoms with van der Waals surface area (Å²) in [5.41, 5.74) is 9.37. The molecule has 9 nitrogen and oxygen atoms in total. The molecule has 3 heterocycles. The average Bonchev–Trinajstić information content (AvgIpc) is 3.75. The van der Waals surface area contributed by atoms with Crippen LogP contribution in [0.1, 0.15) is 31.0 Å². The van der Waals surface area contributed by atoms with Gasteiger partial charge >= 0.3 is 5.97 Å². The summed E-state index contributed by atoms with van der Waals surface area (Å²) in [6, 6.07) is 16.4. The van der Waals surface area contributed by atoms with Gasteiger partial charge in [0, 0.05) is 40.4 Å². The number of halogens is 1. The molecular weight excluding hydrogens is 616 g/mol. The van der Waals surface area contributed by atoms with Crippen molar-refractivity contribution in [3.8, 4) is 33.5 Å². The van der Waals surface area contributed by atoms with Gasteiger partial charge in [-0.3, -0.25) is 4.79 Å². The van der Waals surface area contributed by atoms with E-state index in [0.29, 0.717) is 49.7 Å². The predicted octanol–water partition coefficient (Wildman–Crippen LogP) is 7.11. The molecule has 0 spiro atoms. The maximum absolute atomic E-state index is 11.6. The van der Waals surface area contributed by atoms with E-state index in [4.69, 9.17) is 43.3 Å². The first-order valence-electron chi connectivity index (χ1n) is 14.0. The van der Waals surface area contributed by atoms with Crippen LogP contribution in [0.25, 0.3) is 26.5 Å². The Morgan fingerprint density at radius 2 is 1.86 bits per heavy atom. The van der Waals surface area contributed by atoms with Crippen molar-refractivity contribution in [2.75, 3.05) is 31.2 Å². The first-order valence-corrected chi connectivity index (χ1v) is 16.2. The van der Waals surface area contributed by atoms with Gasteiger partial charge in [0.25, 0.3) is 0 Å². The summed E-state index contributed by atoms with van der Waals surface area (Å²) in [6.45, 7) is 11.5. The molecule has 0 amide bonds. The molecule has 2 aromatic carbocycles. The van der Waals surface area contributed by atoms with Crippen molar-refractivity contribution in [1.29, 1.82) is 5.26 Å². The molecule has 1 fully saturated rings. The minimum atomic E-state index is -0.692. The van der Waals surface area contributed by atoms with Crippen LogP contribution in [-0.2, 0) is 15.3 Å². The Morgan fingerprint density at radius 3 is 2.52 bits per heavy atom. The fraction of sp³-hybridized carbons (Fsp3) is 0.281. The van der Waals surface area contributed by atoms with Crippen molar-refractivity contribution in [3.63, 3.8) is 0 Å². The first-order chi connectivity index (χ1) is 21.4. The molecule has 0 radical (unpaired) electrons. The minimum Gasteiger partial charge on any atom is -0.490 e. The first kappa shape index (κ1) is 31.3. The fourth-order valence-electron chi connectivity index (χ4n) is 4.68. The highest BCUT2D eigenvalue weighted by Crippen LogP contribution is 2.45. The number of ether oxygens (including phenoxy) is 2. The highest BCUT2D eigenvalue weighted by molar-refractivity contribution is 7.98. The number of pyridine rings is 1. The van der Waals surface area contributed by atoms with Crippen molar-refractivity contribution < 1.29 is 14.3 Å². The number of carbonyl (C=O) groups excluding carboxylic acids is 1. The number of nitriles is 1. The van der Waals surface area contributed by atoms with Gasteiger partial charge in [0.1, 0.15) is 46.9 Å². The molecule has 1 saturated heterocycles. The molecule has 1 aliphatic heterocycles. The Morgan fingerprint density at radius 1 is 1.16 bits per heavy atom. The van der Waals surface area contributed by atoms with Crippen LogP contribution in [0, 0.1) is 17.9 Å². The van der Waals surface area contributed by atoms with Crippen LogP contribution in [-0.4, -0.2) is 48.3 Å². The second-order valence-corrected chi connectivity index (χ2v) is 12.3. The summed E-state index contributed by atoms with van der Waals surface area (Å²) in [4.78, 5) is 27.3. The summed E-state index contributed by atoms with van der Waals surface area (Å²) < 4.78 is 10.8. The number of thiazole rings is 1. The Labute approximate surface area is 269 Å². The van der Waals surface area contributed by atoms with Gasteiger partial charge in [-0.2, -0.15) is 5.26 Å². The van der Waals surface area contributed by atoms with E-state index in [1.807, 2.05) is 41.8 Å². The number of aromatic nitrogens is 2. The Kier molecular flexibility index (Phi) is 10.4. The topological polar surface area (TPSA) is 119 Å². The molecule has 44 heavy (non-hydrogen) atoms. The SMILES string of the molecule is [C-]#[N+]c1c(N2CCCC2)nc(SCc2csc(-c3ccc(Cl)cc3)n2)c(C#N)c1-c1ccc(OCCOC(=O)[C@H](C)N)cc1. The average molecular weight is 645 g/mol. The number of benzene rings is 2. The quantitative estimate of drug-likeness (QED) is 0.0788. The van der Waals surface area contributed by atoms with E-state index in [0.717, 1.165) is 42.2 Å². The van der Waals surface area contributed by atoms with Gasteiger partial charge in [-0.15, -0.1) is 11.3 Å². The molecule has 2 N–H and O–H groups in total. The number of carbonyl (C=O) groups is 1. The lowest BCUT2D eigenvalue weighted by Crippen LogP contribution is -2.29. The number of rotatable bonds is 11. The third-order valence-corrected chi connectivity index (χ3v) is 9.06. The summed E-state index contributed by atoms with van der Waals surface area (Å²) in [5, 5.41) is 14.5. The van der Waals surface area contributed by atoms with E-state index in [9.17, 15) is 10.1 Å². The lowest BCUT2D eigenvalue weighted by Gasteiger charge is -2.22. The highest BCUT2D eigenvalue weighted by atomic mass is 35.5. The molecule has 1 aliphatic rings. The Bertz CT molecular complexity index is 1710. The van der Waals surface area contributed by atoms with Crippen molar-refractivity contribution >= 4 is 52.2 Å². The van der Waals surface area contributed by atoms with Crippen LogP contribution in [0.15, 0.2) is 58.9 Å². The Hall–Kier alpha value is -4.13. The standard InChI is InChI=1S/C32H29ClN6O3S2/c1-20(35)32(40)42-16-15-41-25-11-7-21(8-12-25)27-26(17-34)31(38-29(28(27)36-2)39-13-3-4-14-39)44-19-24-18-43-30(37-24)22-5-9-23(33)10-6-22/h5-12,18,20H,3-4,13-16,19,35H2,1H3/t20-/m0/s1. The number of esters is 1. The van der Waals surface area contributed by atoms with E-state index in [-0.39, 0.29) is 13.2 Å². The van der Waals surface area contributed by atoms with Crippen LogP contribution in [0.5, 0.6) is 5.75 Å². The normalized spacial score (nSPS) is 13.2. The highest BCUT2D eigenvalue weighted by Gasteiger charge is 2.26. The molecule has 12 heteroatoms. The van der Waals surface area contributed by atoms with E-state index in [1.165, 1.54) is 11.8 Å². The number of nitrogens with zero attached hydrogens (tertiary/aromatic N) is 5. The molecule has 2 aromatic heterocycles. The van der Waals surface area contributed by atoms with Gasteiger partial charge < -0.3 is 20.1 Å². The zero-order valence-corrected chi connectivity index (χ0v) is 26.3. The molecule has 224 valence electrons. The summed E-state index contributed by atoms with van der Waals surface area (Å²) in [5.74, 6) is 1.20. The van der Waals surface area contributed by atoms with Crippen LogP contribution in [0.3, 0.4) is 0 Å². The third-order valence-electron chi connectivity index (χ3n) is 6.86. The number of hydrogen-bond donors (Lipinski definition) is 1. The smallest absolute Gasteiger partial charge is 0.322 e. The summed E-state index contributed by atoms with van der Waals surface area (Å²) in [7, 11) is 0. The zero-order valence-electron chi connectivity index (χ0n) is 24.0. The second kappa shape index (κ2) is 14.6. The molecule has 1 atom stereocenters. The molecular formula is C32H29ClN6O3S2. The predicted molar refractivity (Wildman–Crippen MR) is 174 cm³/mol. The van der Waals surface area contributed by atoms with Crippen molar-refractivity contribution in [2.45, 2.75) is 36.6 Å². The van der Waals surface area contributed by atoms with Gasteiger partial charge in [-0.25, -0.2) is 14.8 Å². The van der Waals surface area contributed by atoms with E-state index in [2.05, 4.69) is 15.8 Å². The zero-order chi connectivity index (χ0) is 31.1. The van der Waals surface area contributed by atoms with Crippen LogP contribution in [0.4, 0.5) is 11.5 Å². The lowest BCUT2D eigenvalue weighted by molar-refractivity contribution is -0.145. The van der Waals surface area contributed by atoms with E-state index < -0.39 is 12.0 Å². The van der Waals surface area contributed by atoms with Crippen LogP contribution in [0.2, 0.25) is 5.02 Å². The number of hydrogen-bond acceptors (Lipinski definition) is 10. The Balaban J connectivity index is 1.42. The monoisotopic (exact) mass is 644 g/mol. The number of anilines is 1. The fourth-order valence-corrected chi connectivity index (χ4v) is 6.61. The van der Waals surface area contributed by atoms with Gasteiger partial charge in [0.05, 0.1) is 17.8 Å². The van der Waals surface area contributed by atoms with Gasteiger partial charge in [-0.05, 0) is 49.6 Å². The maximum atomic E-state index is 11.6. The molecule has 0 saturated carbocycles. The van der Waals surface area contributed by atoms with E-state index >= 15 is 0 Å².